The summed E-state index contributed by atoms with van der Waals surface area (Å²) >= 11 is 0. The molecule has 0 amide bonds. The van der Waals surface area contributed by atoms with Crippen LogP contribution < -0.4 is 4.90 Å². The molecule has 0 N–H and O–H groups in total. The van der Waals surface area contributed by atoms with Gasteiger partial charge in [0, 0.05) is 44.4 Å². The van der Waals surface area contributed by atoms with Crippen LogP contribution in [0.25, 0.3) is 95.7 Å². The first kappa shape index (κ1) is 35.5. The zero-order chi connectivity index (χ0) is 41.0. The normalized spacial score (nSPS) is 12.1. The highest BCUT2D eigenvalue weighted by atomic mass is 15.2. The van der Waals surface area contributed by atoms with E-state index >= 15 is 0 Å². The average molecular weight is 792 g/mol. The minimum Gasteiger partial charge on any atom is -0.309 e. The van der Waals surface area contributed by atoms with Crippen molar-refractivity contribution in [2.45, 2.75) is 0 Å². The Morgan fingerprint density at radius 3 is 1.71 bits per heavy atom. The van der Waals surface area contributed by atoms with Crippen LogP contribution >= 0.6 is 0 Å². The molecule has 0 radical (unpaired) electrons. The molecule has 62 heavy (non-hydrogen) atoms. The van der Waals surface area contributed by atoms with Crippen LogP contribution in [0.4, 0.5) is 17.1 Å². The van der Waals surface area contributed by atoms with Crippen LogP contribution in [0.2, 0.25) is 0 Å². The molecule has 0 atom stereocenters. The lowest BCUT2D eigenvalue weighted by molar-refractivity contribution is 1.07. The summed E-state index contributed by atoms with van der Waals surface area (Å²) in [7, 11) is 0. The zero-order valence-electron chi connectivity index (χ0n) is 33.6. The van der Waals surface area contributed by atoms with Crippen molar-refractivity contribution in [1.29, 1.82) is 0 Å². The molecule has 12 rings (SSSR count). The molecule has 0 aliphatic carbocycles. The zero-order valence-corrected chi connectivity index (χ0v) is 33.6. The lowest BCUT2D eigenvalue weighted by atomic mass is 9.95. The van der Waals surface area contributed by atoms with Gasteiger partial charge in [-0.15, -0.1) is 0 Å². The first-order chi connectivity index (χ1) is 30.7. The van der Waals surface area contributed by atoms with E-state index in [9.17, 15) is 0 Å². The molecule has 9 aromatic carbocycles. The summed E-state index contributed by atoms with van der Waals surface area (Å²) in [6.07, 6.45) is 4.58. The Bertz CT molecular complexity index is 3460. The number of nitrogens with zero attached hydrogens (tertiary/aromatic N) is 5. The van der Waals surface area contributed by atoms with Crippen molar-refractivity contribution in [3.63, 3.8) is 0 Å². The van der Waals surface area contributed by atoms with E-state index in [1.54, 1.807) is 0 Å². The number of para-hydroxylation sites is 3. The van der Waals surface area contributed by atoms with E-state index in [-0.39, 0.29) is 0 Å². The maximum absolute atomic E-state index is 5.08. The summed E-state index contributed by atoms with van der Waals surface area (Å²) in [5, 5.41) is 4.74. The van der Waals surface area contributed by atoms with E-state index in [2.05, 4.69) is 173 Å². The van der Waals surface area contributed by atoms with E-state index in [0.29, 0.717) is 17.5 Å². The van der Waals surface area contributed by atoms with Crippen molar-refractivity contribution < 1.29 is 0 Å². The van der Waals surface area contributed by atoms with Gasteiger partial charge in [-0.05, 0) is 76.0 Å². The van der Waals surface area contributed by atoms with Gasteiger partial charge in [0.15, 0.2) is 17.5 Å². The summed E-state index contributed by atoms with van der Waals surface area (Å²) in [5.74, 6) is 1.91. The third-order valence-corrected chi connectivity index (χ3v) is 12.0. The van der Waals surface area contributed by atoms with Crippen molar-refractivity contribution >= 4 is 61.8 Å². The quantitative estimate of drug-likeness (QED) is 0.168. The van der Waals surface area contributed by atoms with Gasteiger partial charge in [-0.25, -0.2) is 15.0 Å². The minimum absolute atomic E-state index is 0.626. The molecule has 2 aromatic heterocycles. The summed E-state index contributed by atoms with van der Waals surface area (Å²) in [6, 6.07) is 75.0. The number of aromatic nitrogens is 4. The number of hydrogen-bond donors (Lipinski definition) is 0. The Balaban J connectivity index is 1.08. The van der Waals surface area contributed by atoms with E-state index in [1.807, 2.05) is 60.7 Å². The highest BCUT2D eigenvalue weighted by Crippen LogP contribution is 2.47. The summed E-state index contributed by atoms with van der Waals surface area (Å²) in [6.45, 7) is 0. The molecule has 0 spiro atoms. The van der Waals surface area contributed by atoms with Gasteiger partial charge in [-0.1, -0.05) is 176 Å². The maximum Gasteiger partial charge on any atom is 0.164 e. The van der Waals surface area contributed by atoms with Crippen LogP contribution in [0.3, 0.4) is 0 Å². The van der Waals surface area contributed by atoms with Gasteiger partial charge in [0.25, 0.3) is 0 Å². The predicted octanol–water partition coefficient (Wildman–Crippen LogP) is 14.7. The predicted molar refractivity (Wildman–Crippen MR) is 257 cm³/mol. The molecular weight excluding hydrogens is 755 g/mol. The van der Waals surface area contributed by atoms with Gasteiger partial charge in [0.05, 0.1) is 22.4 Å². The van der Waals surface area contributed by atoms with Crippen molar-refractivity contribution in [3.8, 4) is 51.0 Å². The molecule has 11 aromatic rings. The molecule has 0 saturated carbocycles. The van der Waals surface area contributed by atoms with Crippen molar-refractivity contribution in [2.24, 2.45) is 0 Å². The van der Waals surface area contributed by atoms with Crippen molar-refractivity contribution in [3.05, 3.63) is 223 Å². The van der Waals surface area contributed by atoms with Crippen molar-refractivity contribution in [1.82, 2.24) is 19.5 Å². The Kier molecular flexibility index (Phi) is 8.42. The number of rotatable bonds is 6. The highest BCUT2D eigenvalue weighted by molar-refractivity contribution is 6.15. The monoisotopic (exact) mass is 791 g/mol. The van der Waals surface area contributed by atoms with Gasteiger partial charge in [-0.3, -0.25) is 0 Å². The molecule has 3 heterocycles. The number of benzene rings is 9. The van der Waals surface area contributed by atoms with Crippen LogP contribution in [-0.4, -0.2) is 19.5 Å². The maximum atomic E-state index is 5.08. The summed E-state index contributed by atoms with van der Waals surface area (Å²) < 4.78 is 2.47. The van der Waals surface area contributed by atoms with Crippen LogP contribution in [0.15, 0.2) is 212 Å². The molecule has 0 unspecified atom stereocenters. The molecule has 1 aliphatic rings. The SMILES string of the molecule is C1=Cc2c(ccc3c4ccccc4n(-c4cc(-c5cccc(-c6nc(-c7ccccc7)nc(-c7ccccc7)n6)c5)c5ccccc5c4)c23)N(c2ccccc2)c2ccccc21. The Morgan fingerprint density at radius 1 is 0.355 bits per heavy atom. The molecule has 5 heteroatoms. The van der Waals surface area contributed by atoms with Crippen LogP contribution in [0, 0.1) is 0 Å². The first-order valence-corrected chi connectivity index (χ1v) is 20.9. The number of fused-ring (bicyclic) bond motifs is 7. The molecule has 1 aliphatic heterocycles. The van der Waals surface area contributed by atoms with E-state index < -0.39 is 0 Å². The van der Waals surface area contributed by atoms with Gasteiger partial charge in [0.2, 0.25) is 0 Å². The lowest BCUT2D eigenvalue weighted by Gasteiger charge is -2.27. The number of hydrogen-bond acceptors (Lipinski definition) is 4. The van der Waals surface area contributed by atoms with Crippen LogP contribution in [0.5, 0.6) is 0 Å². The molecule has 0 fully saturated rings. The Morgan fingerprint density at radius 2 is 0.952 bits per heavy atom. The topological polar surface area (TPSA) is 46.8 Å². The Hall–Kier alpha value is -8.41. The first-order valence-electron chi connectivity index (χ1n) is 20.9. The Labute approximate surface area is 359 Å². The largest absolute Gasteiger partial charge is 0.309 e. The lowest BCUT2D eigenvalue weighted by Crippen LogP contribution is -2.12. The summed E-state index contributed by atoms with van der Waals surface area (Å²) in [5.41, 5.74) is 14.1. The minimum atomic E-state index is 0.626. The van der Waals surface area contributed by atoms with Gasteiger partial charge in [0.1, 0.15) is 0 Å². The van der Waals surface area contributed by atoms with E-state index in [0.717, 1.165) is 72.5 Å². The molecule has 290 valence electrons. The van der Waals surface area contributed by atoms with Gasteiger partial charge >= 0.3 is 0 Å². The molecular formula is C57H37N5. The van der Waals surface area contributed by atoms with Crippen LogP contribution in [0.1, 0.15) is 11.1 Å². The molecule has 0 bridgehead atoms. The molecule has 5 nitrogen and oxygen atoms in total. The number of anilines is 3. The highest BCUT2D eigenvalue weighted by Gasteiger charge is 2.25. The molecule has 0 saturated heterocycles. The van der Waals surface area contributed by atoms with Gasteiger partial charge in [-0.2, -0.15) is 0 Å². The van der Waals surface area contributed by atoms with E-state index in [1.165, 1.54) is 21.7 Å². The fourth-order valence-corrected chi connectivity index (χ4v) is 9.12. The van der Waals surface area contributed by atoms with Crippen LogP contribution in [-0.2, 0) is 0 Å². The fourth-order valence-electron chi connectivity index (χ4n) is 9.12. The average Bonchev–Trinajstić information content (AvgIpc) is 3.59. The van der Waals surface area contributed by atoms with Gasteiger partial charge < -0.3 is 9.47 Å². The second-order valence-corrected chi connectivity index (χ2v) is 15.6. The van der Waals surface area contributed by atoms with Crippen molar-refractivity contribution in [2.75, 3.05) is 4.90 Å². The fraction of sp³-hybridized carbons (Fsp3) is 0. The van der Waals surface area contributed by atoms with E-state index in [4.69, 9.17) is 15.0 Å². The third kappa shape index (κ3) is 5.98. The summed E-state index contributed by atoms with van der Waals surface area (Å²) in [4.78, 5) is 17.5. The second-order valence-electron chi connectivity index (χ2n) is 15.6. The standard InChI is InChI=1S/C57H37N5/c1-4-18-39(19-5-1)55-58-56(40-20-6-2-7-21-40)60-57(59-55)43-24-16-23-41(35-43)50-37-45(36-42-22-10-12-27-46(42)50)62-52-30-15-13-28-47(52)48-33-34-53-49(54(48)62)32-31-38-17-11-14-29-51(38)61(53)44-25-8-3-9-26-44/h1-37H. The smallest absolute Gasteiger partial charge is 0.164 e. The second kappa shape index (κ2) is 14.7. The third-order valence-electron chi connectivity index (χ3n) is 12.0.